The van der Waals surface area contributed by atoms with Gasteiger partial charge in [-0.15, -0.1) is 33.2 Å². The Bertz CT molecular complexity index is 423. The molecule has 0 aromatic heterocycles. The summed E-state index contributed by atoms with van der Waals surface area (Å²) in [5.74, 6) is 0. The number of halogens is 6. The van der Waals surface area contributed by atoms with Crippen LogP contribution in [0.4, 0.5) is 13.2 Å². The van der Waals surface area contributed by atoms with Crippen molar-refractivity contribution in [3.8, 4) is 0 Å². The zero-order valence-electron chi connectivity index (χ0n) is 18.2. The van der Waals surface area contributed by atoms with E-state index in [1.165, 1.54) is 0 Å². The number of alkyl halides is 3. The van der Waals surface area contributed by atoms with Crippen LogP contribution in [0.25, 0.3) is 0 Å². The van der Waals surface area contributed by atoms with Gasteiger partial charge in [0.25, 0.3) is 0 Å². The van der Waals surface area contributed by atoms with Gasteiger partial charge in [-0.2, -0.15) is 13.2 Å². The van der Waals surface area contributed by atoms with Crippen LogP contribution in [-0.2, 0) is 13.3 Å². The zero-order chi connectivity index (χ0) is 23.2. The molecule has 0 heterocycles. The van der Waals surface area contributed by atoms with Crippen molar-refractivity contribution in [1.29, 1.82) is 0 Å². The van der Waals surface area contributed by atoms with Gasteiger partial charge in [0.05, 0.1) is 16.8 Å². The van der Waals surface area contributed by atoms with Crippen LogP contribution >= 0.6 is 33.2 Å². The first-order valence-corrected chi connectivity index (χ1v) is 15.8. The molecule has 0 rings (SSSR count). The van der Waals surface area contributed by atoms with Crippen LogP contribution in [0.1, 0.15) is 68.7 Å². The number of hydrogen-bond donors (Lipinski definition) is 0. The van der Waals surface area contributed by atoms with Crippen LogP contribution in [0.15, 0.2) is 12.3 Å². The summed E-state index contributed by atoms with van der Waals surface area (Å²) in [7, 11) is -2.91. The van der Waals surface area contributed by atoms with E-state index in [0.29, 0.717) is 0 Å². The summed E-state index contributed by atoms with van der Waals surface area (Å²) in [5, 5.41) is 0. The van der Waals surface area contributed by atoms with E-state index in [0.717, 1.165) is 0 Å². The van der Waals surface area contributed by atoms with Crippen molar-refractivity contribution in [2.75, 3.05) is 0 Å². The lowest BCUT2D eigenvalue weighted by Gasteiger charge is -2.41. The molecule has 0 aliphatic rings. The topological polar surface area (TPSA) is 27.7 Å². The van der Waals surface area contributed by atoms with Gasteiger partial charge in [-0.1, -0.05) is 6.58 Å². The Kier molecular flexibility index (Phi) is 12.0. The molecule has 0 fully saturated rings. The molecule has 0 atom stereocenters. The molecule has 0 bridgehead atoms. The molecule has 0 spiro atoms. The molecule has 11 heteroatoms. The average Bonchev–Trinajstić information content (AvgIpc) is 2.29. The summed E-state index contributed by atoms with van der Waals surface area (Å²) in [4.78, 5) is 0. The number of hydrogen-bond acceptors (Lipinski definition) is 3. The third-order valence-corrected chi connectivity index (χ3v) is 8.00. The van der Waals surface area contributed by atoms with E-state index in [1.54, 1.807) is 5.70 Å². The van der Waals surface area contributed by atoms with Gasteiger partial charge in [0.2, 0.25) is 0 Å². The van der Waals surface area contributed by atoms with Crippen LogP contribution < -0.4 is 0 Å². The first kappa shape index (κ1) is 30.9. The molecule has 0 aromatic rings. The molecular weight excluding hydrogens is 472 g/mol. The molecule has 3 nitrogen and oxygen atoms in total. The summed E-state index contributed by atoms with van der Waals surface area (Å²) in [5.41, 5.74) is 0.708. The van der Waals surface area contributed by atoms with Gasteiger partial charge in [-0.3, -0.25) is 0 Å². The van der Waals surface area contributed by atoms with Crippen molar-refractivity contribution >= 4 is 48.0 Å². The van der Waals surface area contributed by atoms with E-state index >= 15 is 0 Å². The Hall–Kier alpha value is 0.714. The van der Waals surface area contributed by atoms with Gasteiger partial charge in [0, 0.05) is 6.42 Å². The molecule has 0 saturated carbocycles. The zero-order valence-corrected chi connectivity index (χ0v) is 22.5. The second-order valence-electron chi connectivity index (χ2n) is 9.18. The molecule has 0 aromatic carbocycles. The Morgan fingerprint density at radius 2 is 1.04 bits per heavy atom. The van der Waals surface area contributed by atoms with Crippen molar-refractivity contribution in [2.24, 2.45) is 0 Å². The Labute approximate surface area is 184 Å². The highest BCUT2D eigenvalue weighted by molar-refractivity contribution is 7.64. The Morgan fingerprint density at radius 1 is 0.750 bits per heavy atom. The minimum atomic E-state index is -4.21. The molecule has 0 aliphatic heterocycles. The van der Waals surface area contributed by atoms with Crippen LogP contribution in [0.2, 0.25) is 6.04 Å². The fourth-order valence-corrected chi connectivity index (χ4v) is 6.10. The van der Waals surface area contributed by atoms with E-state index in [9.17, 15) is 13.2 Å². The first-order chi connectivity index (χ1) is 11.9. The largest absolute Gasteiger partial charge is 0.530 e. The fourth-order valence-electron chi connectivity index (χ4n) is 1.75. The molecule has 0 amide bonds. The van der Waals surface area contributed by atoms with Crippen LogP contribution in [0.5, 0.6) is 0 Å². The summed E-state index contributed by atoms with van der Waals surface area (Å²) < 4.78 is 52.6. The predicted molar refractivity (Wildman–Crippen MR) is 117 cm³/mol. The van der Waals surface area contributed by atoms with E-state index in [4.69, 9.17) is 46.5 Å². The highest BCUT2D eigenvalue weighted by atomic mass is 35.8. The molecule has 0 unspecified atom stereocenters. The van der Waals surface area contributed by atoms with E-state index in [1.807, 2.05) is 62.3 Å². The van der Waals surface area contributed by atoms with Crippen LogP contribution in [0.3, 0.4) is 0 Å². The van der Waals surface area contributed by atoms with E-state index in [-0.39, 0.29) is 22.8 Å². The molecule has 170 valence electrons. The second-order valence-corrected chi connectivity index (χ2v) is 20.7. The predicted octanol–water partition coefficient (Wildman–Crippen LogP) is 7.69. The number of rotatable bonds is 6. The lowest BCUT2D eigenvalue weighted by atomic mass is 10.2. The molecule has 28 heavy (non-hydrogen) atoms. The molecule has 0 radical (unpaired) electrons. The Balaban J connectivity index is 0. The second kappa shape index (κ2) is 10.8. The van der Waals surface area contributed by atoms with E-state index in [2.05, 4.69) is 6.58 Å². The standard InChI is InChI=1S/C14H30O3Si.C3H4Cl3F3Si/c1-11-18(15-12(2,3)4,16-13(5,6)7)17-14(8,9)10;4-10(5,6)2-1-3(7,8)9/h11H,1H2,2-10H3;1-2H2. The smallest absolute Gasteiger partial charge is 0.365 e. The maximum atomic E-state index is 11.4. The van der Waals surface area contributed by atoms with E-state index < -0.39 is 27.4 Å². The van der Waals surface area contributed by atoms with Crippen molar-refractivity contribution in [2.45, 2.75) is 97.8 Å². The third-order valence-electron chi connectivity index (χ3n) is 2.29. The minimum Gasteiger partial charge on any atom is -0.365 e. The Morgan fingerprint density at radius 3 is 1.14 bits per heavy atom. The van der Waals surface area contributed by atoms with Gasteiger partial charge in [0.15, 0.2) is 0 Å². The normalized spacial score (nSPS) is 14.4. The van der Waals surface area contributed by atoms with Crippen LogP contribution in [-0.4, -0.2) is 37.8 Å². The molecule has 0 saturated heterocycles. The summed E-state index contributed by atoms with van der Waals surface area (Å²) in [6, 6.07) is -3.43. The van der Waals surface area contributed by atoms with Crippen molar-refractivity contribution in [3.63, 3.8) is 0 Å². The van der Waals surface area contributed by atoms with Gasteiger partial charge < -0.3 is 13.3 Å². The summed E-state index contributed by atoms with van der Waals surface area (Å²) in [6.45, 7) is 21.8. The monoisotopic (exact) mass is 504 g/mol. The highest BCUT2D eigenvalue weighted by Gasteiger charge is 2.47. The minimum absolute atomic E-state index is 0.336. The highest BCUT2D eigenvalue weighted by Crippen LogP contribution is 2.32. The summed E-state index contributed by atoms with van der Waals surface area (Å²) in [6.07, 6.45) is -5.22. The van der Waals surface area contributed by atoms with Gasteiger partial charge >= 0.3 is 21.0 Å². The molecule has 0 aliphatic carbocycles. The van der Waals surface area contributed by atoms with Gasteiger partial charge in [-0.25, -0.2) is 0 Å². The average molecular weight is 506 g/mol. The van der Waals surface area contributed by atoms with Crippen molar-refractivity contribution in [1.82, 2.24) is 0 Å². The third kappa shape index (κ3) is 21.4. The van der Waals surface area contributed by atoms with Gasteiger partial charge in [-0.05, 0) is 74.1 Å². The lowest BCUT2D eigenvalue weighted by Crippen LogP contribution is -2.56. The fraction of sp³-hybridized carbons (Fsp3) is 0.882. The van der Waals surface area contributed by atoms with Crippen molar-refractivity contribution < 1.29 is 26.4 Å². The maximum Gasteiger partial charge on any atom is 0.530 e. The first-order valence-electron chi connectivity index (χ1n) is 8.76. The summed E-state index contributed by atoms with van der Waals surface area (Å²) >= 11 is 15.6. The van der Waals surface area contributed by atoms with Crippen LogP contribution in [0, 0.1) is 0 Å². The SMILES string of the molecule is C=C[Si](OC(C)(C)C)(OC(C)(C)C)OC(C)(C)C.FC(F)(F)CC[Si](Cl)(Cl)Cl. The van der Waals surface area contributed by atoms with Gasteiger partial charge in [0.1, 0.15) is 0 Å². The molecular formula is C17H34Cl3F3O3Si2. The quantitative estimate of drug-likeness (QED) is 0.273. The van der Waals surface area contributed by atoms with Crippen molar-refractivity contribution in [3.05, 3.63) is 12.3 Å². The lowest BCUT2D eigenvalue weighted by molar-refractivity contribution is -0.130. The molecule has 0 N–H and O–H groups in total. The maximum absolute atomic E-state index is 11.4.